The number of aromatic hydroxyl groups is 1. The van der Waals surface area contributed by atoms with Crippen LogP contribution in [0, 0.1) is 0 Å². The highest BCUT2D eigenvalue weighted by Gasteiger charge is 2.39. The maximum absolute atomic E-state index is 10.8. The van der Waals surface area contributed by atoms with E-state index in [-0.39, 0.29) is 23.4 Å². The van der Waals surface area contributed by atoms with Gasteiger partial charge in [0.05, 0.1) is 0 Å². The van der Waals surface area contributed by atoms with Crippen molar-refractivity contribution >= 4 is 14.3 Å². The summed E-state index contributed by atoms with van der Waals surface area (Å²) in [5.74, 6) is 0.391. The summed E-state index contributed by atoms with van der Waals surface area (Å²) in [5, 5.41) is 9.83. The molecule has 0 heterocycles. The maximum Gasteiger partial charge on any atom is 0.302 e. The zero-order valence-corrected chi connectivity index (χ0v) is 14.1. The molecule has 0 aliphatic rings. The zero-order chi connectivity index (χ0) is 15.6. The zero-order valence-electron chi connectivity index (χ0n) is 13.1. The van der Waals surface area contributed by atoms with Crippen molar-refractivity contribution in [1.29, 1.82) is 0 Å². The molecule has 4 nitrogen and oxygen atoms in total. The molecule has 1 aromatic carbocycles. The lowest BCUT2D eigenvalue weighted by atomic mass is 10.2. The van der Waals surface area contributed by atoms with Gasteiger partial charge in [-0.05, 0) is 35.8 Å². The summed E-state index contributed by atoms with van der Waals surface area (Å²) in [7, 11) is -1.96. The van der Waals surface area contributed by atoms with Crippen LogP contribution in [0.15, 0.2) is 18.2 Å². The van der Waals surface area contributed by atoms with Crippen molar-refractivity contribution in [2.24, 2.45) is 0 Å². The molecule has 20 heavy (non-hydrogen) atoms. The molecule has 5 heteroatoms. The van der Waals surface area contributed by atoms with Crippen LogP contribution < -0.4 is 4.43 Å². The topological polar surface area (TPSA) is 55.8 Å². The number of hydrogen-bond acceptors (Lipinski definition) is 4. The minimum Gasteiger partial charge on any atom is -0.543 e. The lowest BCUT2D eigenvalue weighted by Gasteiger charge is -2.36. The molecule has 0 aromatic heterocycles. The first-order chi connectivity index (χ1) is 9.01. The third-order valence-electron chi connectivity index (χ3n) is 3.57. The van der Waals surface area contributed by atoms with E-state index in [2.05, 4.69) is 33.9 Å². The lowest BCUT2D eigenvalue weighted by Crippen LogP contribution is -2.43. The van der Waals surface area contributed by atoms with Gasteiger partial charge in [-0.3, -0.25) is 4.79 Å². The van der Waals surface area contributed by atoms with Crippen molar-refractivity contribution in [3.63, 3.8) is 0 Å². The fourth-order valence-electron chi connectivity index (χ4n) is 1.42. The van der Waals surface area contributed by atoms with E-state index in [0.29, 0.717) is 11.3 Å². The minimum absolute atomic E-state index is 0.0779. The number of benzene rings is 1. The smallest absolute Gasteiger partial charge is 0.302 e. The Kier molecular flexibility index (Phi) is 4.86. The first-order valence-electron chi connectivity index (χ1n) is 6.66. The van der Waals surface area contributed by atoms with Crippen molar-refractivity contribution in [3.05, 3.63) is 23.8 Å². The Balaban J connectivity index is 2.94. The van der Waals surface area contributed by atoms with Gasteiger partial charge in [0.15, 0.2) is 0 Å². The molecule has 0 radical (unpaired) electrons. The van der Waals surface area contributed by atoms with E-state index in [1.807, 2.05) is 6.07 Å². The molecule has 0 saturated carbocycles. The molecule has 1 N–H and O–H groups in total. The molecule has 0 saturated heterocycles. The number of esters is 1. The maximum atomic E-state index is 10.8. The summed E-state index contributed by atoms with van der Waals surface area (Å²) in [6.45, 7) is 12.2. The van der Waals surface area contributed by atoms with Crippen molar-refractivity contribution in [3.8, 4) is 11.5 Å². The fraction of sp³-hybridized carbons (Fsp3) is 0.533. The Morgan fingerprint density at radius 2 is 1.85 bits per heavy atom. The molecule has 0 unspecified atom stereocenters. The van der Waals surface area contributed by atoms with Gasteiger partial charge in [0.2, 0.25) is 8.32 Å². The van der Waals surface area contributed by atoms with Gasteiger partial charge in [-0.2, -0.15) is 0 Å². The molecular formula is C15H24O4Si. The average molecular weight is 296 g/mol. The predicted octanol–water partition coefficient (Wildman–Crippen LogP) is 3.84. The molecule has 0 aliphatic carbocycles. The summed E-state index contributed by atoms with van der Waals surface area (Å²) in [4.78, 5) is 10.8. The highest BCUT2D eigenvalue weighted by atomic mass is 28.4. The van der Waals surface area contributed by atoms with Gasteiger partial charge in [0.1, 0.15) is 18.1 Å². The van der Waals surface area contributed by atoms with Crippen LogP contribution in [-0.2, 0) is 16.1 Å². The van der Waals surface area contributed by atoms with Crippen LogP contribution in [0.5, 0.6) is 11.5 Å². The summed E-state index contributed by atoms with van der Waals surface area (Å²) in [6.07, 6.45) is 0. The molecule has 112 valence electrons. The van der Waals surface area contributed by atoms with Gasteiger partial charge < -0.3 is 14.3 Å². The Labute approximate surface area is 121 Å². The Hall–Kier alpha value is -1.49. The Morgan fingerprint density at radius 3 is 2.35 bits per heavy atom. The molecule has 1 rings (SSSR count). The van der Waals surface area contributed by atoms with E-state index in [0.717, 1.165) is 0 Å². The SMILES string of the molecule is CC(=O)OCc1cc(O)cc(O[Si](C)(C)C(C)(C)C)c1. The number of phenols is 1. The van der Waals surface area contributed by atoms with Crippen molar-refractivity contribution in [2.75, 3.05) is 0 Å². The summed E-state index contributed by atoms with van der Waals surface area (Å²) < 4.78 is 11.1. The summed E-state index contributed by atoms with van der Waals surface area (Å²) in [6, 6.07) is 4.97. The molecule has 0 amide bonds. The van der Waals surface area contributed by atoms with Crippen LogP contribution in [0.3, 0.4) is 0 Å². The van der Waals surface area contributed by atoms with Gasteiger partial charge in [-0.25, -0.2) is 0 Å². The van der Waals surface area contributed by atoms with E-state index >= 15 is 0 Å². The molecular weight excluding hydrogens is 272 g/mol. The summed E-state index contributed by atoms with van der Waals surface area (Å²) >= 11 is 0. The Morgan fingerprint density at radius 1 is 1.25 bits per heavy atom. The quantitative estimate of drug-likeness (QED) is 0.677. The normalized spacial score (nSPS) is 12.1. The van der Waals surface area contributed by atoms with Crippen LogP contribution in [0.25, 0.3) is 0 Å². The third kappa shape index (κ3) is 4.56. The van der Waals surface area contributed by atoms with Gasteiger partial charge in [-0.15, -0.1) is 0 Å². The number of ether oxygens (including phenoxy) is 1. The van der Waals surface area contributed by atoms with E-state index in [1.54, 1.807) is 12.1 Å². The van der Waals surface area contributed by atoms with Gasteiger partial charge in [0.25, 0.3) is 0 Å². The number of rotatable bonds is 4. The number of carbonyl (C=O) groups excluding carboxylic acids is 1. The second kappa shape index (κ2) is 5.87. The second-order valence-electron chi connectivity index (χ2n) is 6.48. The number of carbonyl (C=O) groups is 1. The first-order valence-corrected chi connectivity index (χ1v) is 9.57. The number of hydrogen-bond donors (Lipinski definition) is 1. The van der Waals surface area contributed by atoms with Crippen LogP contribution in [0.2, 0.25) is 18.1 Å². The summed E-state index contributed by atoms with van der Waals surface area (Å²) in [5.41, 5.74) is 0.717. The van der Waals surface area contributed by atoms with Gasteiger partial charge >= 0.3 is 5.97 Å². The lowest BCUT2D eigenvalue weighted by molar-refractivity contribution is -0.142. The minimum atomic E-state index is -1.96. The monoisotopic (exact) mass is 296 g/mol. The van der Waals surface area contributed by atoms with Gasteiger partial charge in [0, 0.05) is 13.0 Å². The first kappa shape index (κ1) is 16.6. The highest BCUT2D eigenvalue weighted by molar-refractivity contribution is 6.74. The third-order valence-corrected chi connectivity index (χ3v) is 7.93. The molecule has 0 spiro atoms. The van der Waals surface area contributed by atoms with E-state index in [1.165, 1.54) is 6.92 Å². The van der Waals surface area contributed by atoms with Crippen molar-refractivity contribution < 1.29 is 19.1 Å². The van der Waals surface area contributed by atoms with Crippen molar-refractivity contribution in [1.82, 2.24) is 0 Å². The number of phenolic OH excluding ortho intramolecular Hbond substituents is 1. The molecule has 0 fully saturated rings. The molecule has 1 aromatic rings. The highest BCUT2D eigenvalue weighted by Crippen LogP contribution is 2.38. The van der Waals surface area contributed by atoms with Crippen LogP contribution in [0.4, 0.5) is 0 Å². The second-order valence-corrected chi connectivity index (χ2v) is 11.2. The molecule has 0 bridgehead atoms. The van der Waals surface area contributed by atoms with E-state index in [9.17, 15) is 9.90 Å². The van der Waals surface area contributed by atoms with Crippen LogP contribution in [-0.4, -0.2) is 19.4 Å². The van der Waals surface area contributed by atoms with Gasteiger partial charge in [-0.1, -0.05) is 20.8 Å². The van der Waals surface area contributed by atoms with E-state index in [4.69, 9.17) is 9.16 Å². The van der Waals surface area contributed by atoms with Crippen LogP contribution >= 0.6 is 0 Å². The van der Waals surface area contributed by atoms with E-state index < -0.39 is 8.32 Å². The fourth-order valence-corrected chi connectivity index (χ4v) is 2.43. The molecule has 0 aliphatic heterocycles. The van der Waals surface area contributed by atoms with Crippen molar-refractivity contribution in [2.45, 2.75) is 52.4 Å². The standard InChI is InChI=1S/C15H24O4Si/c1-11(16)18-10-12-7-13(17)9-14(8-12)19-20(5,6)15(2,3)4/h7-9,17H,10H2,1-6H3. The van der Waals surface area contributed by atoms with Crippen LogP contribution in [0.1, 0.15) is 33.3 Å². The average Bonchev–Trinajstić information content (AvgIpc) is 2.23. The Bertz CT molecular complexity index is 489. The predicted molar refractivity (Wildman–Crippen MR) is 81.4 cm³/mol. The largest absolute Gasteiger partial charge is 0.543 e. The molecule has 0 atom stereocenters.